The highest BCUT2D eigenvalue weighted by Gasteiger charge is 2.25. The van der Waals surface area contributed by atoms with Crippen LogP contribution in [-0.2, 0) is 13.0 Å². The number of nitrogen functional groups attached to an aromatic ring is 1. The molecule has 28 heavy (non-hydrogen) atoms. The van der Waals surface area contributed by atoms with Crippen LogP contribution >= 0.6 is 11.6 Å². The lowest BCUT2D eigenvalue weighted by molar-refractivity contribution is 0.0997. The molecule has 1 aliphatic heterocycles. The monoisotopic (exact) mass is 406 g/mol. The molecule has 0 atom stereocenters. The van der Waals surface area contributed by atoms with Gasteiger partial charge in [0.1, 0.15) is 18.4 Å². The molecule has 1 aromatic carbocycles. The molecule has 0 saturated carbocycles. The smallest absolute Gasteiger partial charge is 0.252 e. The van der Waals surface area contributed by atoms with Gasteiger partial charge in [0.05, 0.1) is 23.4 Å². The number of amides is 1. The standard InChI is InChI=1S/C19H27ClN6O2/c1-28-18-14(17(21)16(20)10-15(18)19(22)27)9-13-3-7-25(8-4-13)5-2-6-26-12-23-11-24-26/h10-13H,2-9,21H2,1H3,(H2,22,27). The summed E-state index contributed by atoms with van der Waals surface area (Å²) in [5.74, 6) is 0.342. The van der Waals surface area contributed by atoms with Crippen molar-refractivity contribution < 1.29 is 9.53 Å². The number of primary amides is 1. The van der Waals surface area contributed by atoms with Gasteiger partial charge >= 0.3 is 0 Å². The Kier molecular flexibility index (Phi) is 6.74. The van der Waals surface area contributed by atoms with Gasteiger partial charge in [0, 0.05) is 12.1 Å². The molecular weight excluding hydrogens is 380 g/mol. The molecule has 0 radical (unpaired) electrons. The summed E-state index contributed by atoms with van der Waals surface area (Å²) in [6.07, 6.45) is 7.20. The van der Waals surface area contributed by atoms with Crippen molar-refractivity contribution in [3.63, 3.8) is 0 Å². The quantitative estimate of drug-likeness (QED) is 0.648. The van der Waals surface area contributed by atoms with E-state index in [1.807, 2.05) is 4.68 Å². The fourth-order valence-electron chi connectivity index (χ4n) is 3.83. The van der Waals surface area contributed by atoms with Crippen molar-refractivity contribution in [3.8, 4) is 5.75 Å². The minimum absolute atomic E-state index is 0.280. The zero-order chi connectivity index (χ0) is 20.1. The topological polar surface area (TPSA) is 112 Å². The van der Waals surface area contributed by atoms with E-state index in [1.54, 1.807) is 12.7 Å². The van der Waals surface area contributed by atoms with Crippen molar-refractivity contribution in [2.45, 2.75) is 32.2 Å². The first kappa shape index (κ1) is 20.4. The Hall–Kier alpha value is -2.32. The van der Waals surface area contributed by atoms with Crippen LogP contribution in [0, 0.1) is 5.92 Å². The SMILES string of the molecule is COc1c(C(N)=O)cc(Cl)c(N)c1CC1CCN(CCCn2cncn2)CC1. The van der Waals surface area contributed by atoms with Gasteiger partial charge in [-0.15, -0.1) is 0 Å². The zero-order valence-electron chi connectivity index (χ0n) is 16.1. The Labute approximate surface area is 169 Å². The van der Waals surface area contributed by atoms with Crippen LogP contribution in [0.25, 0.3) is 0 Å². The summed E-state index contributed by atoms with van der Waals surface area (Å²) in [6.45, 7) is 3.99. The molecule has 9 heteroatoms. The molecule has 0 aliphatic carbocycles. The van der Waals surface area contributed by atoms with Crippen molar-refractivity contribution in [2.75, 3.05) is 32.5 Å². The molecule has 0 spiro atoms. The van der Waals surface area contributed by atoms with Crippen LogP contribution in [0.5, 0.6) is 5.75 Å². The zero-order valence-corrected chi connectivity index (χ0v) is 16.9. The fraction of sp³-hybridized carbons (Fsp3) is 0.526. The van der Waals surface area contributed by atoms with E-state index in [2.05, 4.69) is 15.0 Å². The van der Waals surface area contributed by atoms with Gasteiger partial charge in [0.15, 0.2) is 0 Å². The molecule has 2 aromatic rings. The predicted octanol–water partition coefficient (Wildman–Crippen LogP) is 1.97. The van der Waals surface area contributed by atoms with Crippen molar-refractivity contribution >= 4 is 23.2 Å². The number of benzene rings is 1. The van der Waals surface area contributed by atoms with Crippen molar-refractivity contribution in [1.82, 2.24) is 19.7 Å². The molecule has 1 aromatic heterocycles. The number of carbonyl (C=O) groups is 1. The average molecular weight is 407 g/mol. The number of carbonyl (C=O) groups excluding carboxylic acids is 1. The number of nitrogens with two attached hydrogens (primary N) is 2. The minimum atomic E-state index is -0.567. The molecule has 0 bridgehead atoms. The number of anilines is 1. The molecule has 1 saturated heterocycles. The molecule has 2 heterocycles. The van der Waals surface area contributed by atoms with Gasteiger partial charge in [-0.05, 0) is 57.3 Å². The lowest BCUT2D eigenvalue weighted by Gasteiger charge is -2.32. The number of hydrogen-bond acceptors (Lipinski definition) is 6. The van der Waals surface area contributed by atoms with E-state index >= 15 is 0 Å². The van der Waals surface area contributed by atoms with E-state index in [4.69, 9.17) is 27.8 Å². The Morgan fingerprint density at radius 1 is 1.36 bits per heavy atom. The summed E-state index contributed by atoms with van der Waals surface area (Å²) in [6, 6.07) is 1.49. The molecule has 3 rings (SSSR count). The number of aryl methyl sites for hydroxylation is 1. The highest BCUT2D eigenvalue weighted by atomic mass is 35.5. The summed E-state index contributed by atoms with van der Waals surface area (Å²) < 4.78 is 7.32. The Morgan fingerprint density at radius 2 is 2.11 bits per heavy atom. The second-order valence-electron chi connectivity index (χ2n) is 7.20. The van der Waals surface area contributed by atoms with Gasteiger partial charge in [-0.2, -0.15) is 5.10 Å². The summed E-state index contributed by atoms with van der Waals surface area (Å²) in [5, 5.41) is 4.47. The maximum atomic E-state index is 11.7. The van der Waals surface area contributed by atoms with Crippen LogP contribution in [0.15, 0.2) is 18.7 Å². The maximum absolute atomic E-state index is 11.7. The molecule has 1 aliphatic rings. The van der Waals surface area contributed by atoms with Crippen LogP contribution in [0.3, 0.4) is 0 Å². The van der Waals surface area contributed by atoms with E-state index in [9.17, 15) is 4.79 Å². The van der Waals surface area contributed by atoms with E-state index in [-0.39, 0.29) is 5.56 Å². The van der Waals surface area contributed by atoms with Gasteiger partial charge in [-0.3, -0.25) is 9.48 Å². The molecule has 152 valence electrons. The average Bonchev–Trinajstić information content (AvgIpc) is 3.20. The predicted molar refractivity (Wildman–Crippen MR) is 108 cm³/mol. The third-order valence-electron chi connectivity index (χ3n) is 5.37. The fourth-order valence-corrected chi connectivity index (χ4v) is 4.05. The minimum Gasteiger partial charge on any atom is -0.496 e. The number of likely N-dealkylation sites (tertiary alicyclic amines) is 1. The van der Waals surface area contributed by atoms with Crippen LogP contribution in [0.4, 0.5) is 5.69 Å². The lowest BCUT2D eigenvalue weighted by Crippen LogP contribution is -2.35. The second-order valence-corrected chi connectivity index (χ2v) is 7.60. The third kappa shape index (κ3) is 4.74. The number of halogens is 1. The van der Waals surface area contributed by atoms with Crippen LogP contribution < -0.4 is 16.2 Å². The lowest BCUT2D eigenvalue weighted by atomic mass is 9.88. The number of rotatable bonds is 8. The molecular formula is C19H27ClN6O2. The highest BCUT2D eigenvalue weighted by molar-refractivity contribution is 6.33. The van der Waals surface area contributed by atoms with Gasteiger partial charge in [0.25, 0.3) is 5.91 Å². The molecule has 4 N–H and O–H groups in total. The highest BCUT2D eigenvalue weighted by Crippen LogP contribution is 2.37. The Balaban J connectivity index is 1.57. The Bertz CT molecular complexity index is 803. The summed E-state index contributed by atoms with van der Waals surface area (Å²) in [4.78, 5) is 18.2. The van der Waals surface area contributed by atoms with Crippen LogP contribution in [0.1, 0.15) is 35.2 Å². The number of aromatic nitrogens is 3. The van der Waals surface area contributed by atoms with Crippen molar-refractivity contribution in [1.29, 1.82) is 0 Å². The molecule has 0 unspecified atom stereocenters. The second kappa shape index (κ2) is 9.25. The van der Waals surface area contributed by atoms with Gasteiger partial charge in [-0.1, -0.05) is 11.6 Å². The number of ether oxygens (including phenoxy) is 1. The number of hydrogen-bond donors (Lipinski definition) is 2. The van der Waals surface area contributed by atoms with Crippen LogP contribution in [0.2, 0.25) is 5.02 Å². The first-order chi connectivity index (χ1) is 13.5. The summed E-state index contributed by atoms with van der Waals surface area (Å²) in [5.41, 5.74) is 13.2. The van der Waals surface area contributed by atoms with E-state index in [0.29, 0.717) is 22.4 Å². The number of methoxy groups -OCH3 is 1. The van der Waals surface area contributed by atoms with Crippen molar-refractivity contribution in [3.05, 3.63) is 34.9 Å². The summed E-state index contributed by atoms with van der Waals surface area (Å²) in [7, 11) is 1.52. The van der Waals surface area contributed by atoms with Gasteiger partial charge in [-0.25, -0.2) is 4.98 Å². The van der Waals surface area contributed by atoms with Gasteiger partial charge < -0.3 is 21.1 Å². The van der Waals surface area contributed by atoms with Crippen molar-refractivity contribution in [2.24, 2.45) is 11.7 Å². The first-order valence-corrected chi connectivity index (χ1v) is 9.86. The normalized spacial score (nSPS) is 15.6. The molecule has 1 fully saturated rings. The van der Waals surface area contributed by atoms with E-state index in [0.717, 1.165) is 57.4 Å². The molecule has 1 amide bonds. The number of nitrogens with zero attached hydrogens (tertiary/aromatic N) is 4. The van der Waals surface area contributed by atoms with E-state index in [1.165, 1.54) is 13.2 Å². The largest absolute Gasteiger partial charge is 0.496 e. The maximum Gasteiger partial charge on any atom is 0.252 e. The Morgan fingerprint density at radius 3 is 2.71 bits per heavy atom. The van der Waals surface area contributed by atoms with Gasteiger partial charge in [0.2, 0.25) is 0 Å². The van der Waals surface area contributed by atoms with Crippen LogP contribution in [-0.4, -0.2) is 52.3 Å². The number of piperidine rings is 1. The summed E-state index contributed by atoms with van der Waals surface area (Å²) >= 11 is 6.22. The van der Waals surface area contributed by atoms with E-state index < -0.39 is 5.91 Å². The first-order valence-electron chi connectivity index (χ1n) is 9.49. The third-order valence-corrected chi connectivity index (χ3v) is 5.68. The molecule has 8 nitrogen and oxygen atoms in total.